The molecule has 0 aromatic carbocycles. The third-order valence-electron chi connectivity index (χ3n) is 1.46. The van der Waals surface area contributed by atoms with E-state index in [0.717, 1.165) is 10.9 Å². The van der Waals surface area contributed by atoms with Gasteiger partial charge >= 0.3 is 0 Å². The van der Waals surface area contributed by atoms with Gasteiger partial charge in [0.1, 0.15) is 0 Å². The minimum atomic E-state index is 0.0920. The lowest BCUT2D eigenvalue weighted by atomic mass is 10.2. The van der Waals surface area contributed by atoms with Crippen molar-refractivity contribution >= 4 is 27.3 Å². The van der Waals surface area contributed by atoms with Crippen molar-refractivity contribution < 1.29 is 0 Å². The van der Waals surface area contributed by atoms with Crippen LogP contribution >= 0.6 is 27.3 Å². The van der Waals surface area contributed by atoms with E-state index in [0.29, 0.717) is 6.54 Å². The Hall–Kier alpha value is 0.100. The second-order valence-corrected chi connectivity index (χ2v) is 4.12. The molecule has 4 heteroatoms. The Bertz CT molecular complexity index is 224. The lowest BCUT2D eigenvalue weighted by Gasteiger charge is -2.07. The third-order valence-corrected chi connectivity index (χ3v) is 3.46. The zero-order chi connectivity index (χ0) is 8.27. The molecule has 0 amide bonds. The van der Waals surface area contributed by atoms with Gasteiger partial charge in [0.05, 0.1) is 0 Å². The molecule has 11 heavy (non-hydrogen) atoms. The second kappa shape index (κ2) is 4.21. The SMILES string of the molecule is NCC[C@@H](N)c1sccc1Br. The molecule has 0 aliphatic heterocycles. The van der Waals surface area contributed by atoms with Crippen LogP contribution in [0.2, 0.25) is 0 Å². The summed E-state index contributed by atoms with van der Waals surface area (Å²) in [6.07, 6.45) is 0.846. The van der Waals surface area contributed by atoms with Gasteiger partial charge in [-0.1, -0.05) is 0 Å². The lowest BCUT2D eigenvalue weighted by molar-refractivity contribution is 0.670. The van der Waals surface area contributed by atoms with Gasteiger partial charge in [-0.2, -0.15) is 0 Å². The number of nitrogens with two attached hydrogens (primary N) is 2. The average molecular weight is 235 g/mol. The van der Waals surface area contributed by atoms with E-state index in [1.54, 1.807) is 11.3 Å². The lowest BCUT2D eigenvalue weighted by Crippen LogP contribution is -2.14. The average Bonchev–Trinajstić information content (AvgIpc) is 2.36. The fourth-order valence-corrected chi connectivity index (χ4v) is 2.59. The van der Waals surface area contributed by atoms with Crippen molar-refractivity contribution in [3.63, 3.8) is 0 Å². The van der Waals surface area contributed by atoms with Gasteiger partial charge < -0.3 is 11.5 Å². The Labute approximate surface area is 78.7 Å². The largest absolute Gasteiger partial charge is 0.330 e. The summed E-state index contributed by atoms with van der Waals surface area (Å²) in [7, 11) is 0. The van der Waals surface area contributed by atoms with Gasteiger partial charge in [-0.05, 0) is 40.3 Å². The highest BCUT2D eigenvalue weighted by Gasteiger charge is 2.09. The fraction of sp³-hybridized carbons (Fsp3) is 0.429. The summed E-state index contributed by atoms with van der Waals surface area (Å²) in [5.74, 6) is 0. The van der Waals surface area contributed by atoms with Crippen LogP contribution in [0.25, 0.3) is 0 Å². The van der Waals surface area contributed by atoms with Crippen LogP contribution in [0, 0.1) is 0 Å². The highest BCUT2D eigenvalue weighted by Crippen LogP contribution is 2.28. The minimum absolute atomic E-state index is 0.0920. The van der Waals surface area contributed by atoms with Crippen molar-refractivity contribution in [2.75, 3.05) is 6.54 Å². The summed E-state index contributed by atoms with van der Waals surface area (Å²) in [5, 5.41) is 2.02. The maximum absolute atomic E-state index is 5.85. The van der Waals surface area contributed by atoms with E-state index < -0.39 is 0 Å². The second-order valence-electron chi connectivity index (χ2n) is 2.32. The van der Waals surface area contributed by atoms with Crippen LogP contribution in [0.15, 0.2) is 15.9 Å². The summed E-state index contributed by atoms with van der Waals surface area (Å²) in [6.45, 7) is 0.644. The molecule has 0 fully saturated rings. The molecular weight excluding hydrogens is 224 g/mol. The smallest absolute Gasteiger partial charge is 0.0413 e. The van der Waals surface area contributed by atoms with Crippen LogP contribution in [0.1, 0.15) is 17.3 Å². The zero-order valence-corrected chi connectivity index (χ0v) is 8.49. The van der Waals surface area contributed by atoms with E-state index in [1.807, 2.05) is 11.4 Å². The summed E-state index contributed by atoms with van der Waals surface area (Å²) >= 11 is 5.10. The van der Waals surface area contributed by atoms with E-state index in [2.05, 4.69) is 15.9 Å². The third kappa shape index (κ3) is 2.27. The summed E-state index contributed by atoms with van der Waals surface area (Å²) in [4.78, 5) is 1.19. The normalized spacial score (nSPS) is 13.4. The van der Waals surface area contributed by atoms with Gasteiger partial charge in [0.25, 0.3) is 0 Å². The first kappa shape index (κ1) is 9.19. The zero-order valence-electron chi connectivity index (χ0n) is 6.09. The van der Waals surface area contributed by atoms with Crippen LogP contribution < -0.4 is 11.5 Å². The number of hydrogen-bond acceptors (Lipinski definition) is 3. The van der Waals surface area contributed by atoms with E-state index in [1.165, 1.54) is 4.88 Å². The molecule has 1 aromatic rings. The molecule has 0 saturated carbocycles. The van der Waals surface area contributed by atoms with Gasteiger partial charge in [0.2, 0.25) is 0 Å². The fourth-order valence-electron chi connectivity index (χ4n) is 0.881. The molecule has 0 saturated heterocycles. The highest BCUT2D eigenvalue weighted by molar-refractivity contribution is 9.10. The van der Waals surface area contributed by atoms with Gasteiger partial charge in [0.15, 0.2) is 0 Å². The maximum Gasteiger partial charge on any atom is 0.0413 e. The van der Waals surface area contributed by atoms with Crippen LogP contribution in [0.3, 0.4) is 0 Å². The number of hydrogen-bond donors (Lipinski definition) is 2. The quantitative estimate of drug-likeness (QED) is 0.840. The molecule has 0 unspecified atom stereocenters. The molecule has 2 nitrogen and oxygen atoms in total. The number of rotatable bonds is 3. The van der Waals surface area contributed by atoms with Crippen LogP contribution in [0.4, 0.5) is 0 Å². The van der Waals surface area contributed by atoms with Gasteiger partial charge in [-0.15, -0.1) is 11.3 Å². The Kier molecular flexibility index (Phi) is 3.51. The Morgan fingerprint density at radius 1 is 1.64 bits per heavy atom. The molecule has 1 rings (SSSR count). The summed E-state index contributed by atoms with van der Waals surface area (Å²) < 4.78 is 1.10. The first-order valence-corrected chi connectivity index (χ1v) is 5.11. The Balaban J connectivity index is 2.67. The maximum atomic E-state index is 5.85. The molecule has 0 aliphatic rings. The molecule has 1 atom stereocenters. The first-order valence-electron chi connectivity index (χ1n) is 3.44. The Morgan fingerprint density at radius 2 is 2.36 bits per heavy atom. The summed E-state index contributed by atoms with van der Waals surface area (Å²) in [6, 6.07) is 2.10. The molecule has 1 aromatic heterocycles. The first-order chi connectivity index (χ1) is 5.25. The van der Waals surface area contributed by atoms with E-state index in [9.17, 15) is 0 Å². The van der Waals surface area contributed by atoms with E-state index in [4.69, 9.17) is 11.5 Å². The van der Waals surface area contributed by atoms with Gasteiger partial charge in [-0.3, -0.25) is 0 Å². The van der Waals surface area contributed by atoms with E-state index >= 15 is 0 Å². The van der Waals surface area contributed by atoms with Crippen LogP contribution in [0.5, 0.6) is 0 Å². The predicted octanol–water partition coefficient (Wildman–Crippen LogP) is 1.86. The molecule has 1 heterocycles. The Morgan fingerprint density at radius 3 is 2.82 bits per heavy atom. The number of thiophene rings is 1. The van der Waals surface area contributed by atoms with Crippen LogP contribution in [-0.2, 0) is 0 Å². The van der Waals surface area contributed by atoms with Crippen molar-refractivity contribution in [2.45, 2.75) is 12.5 Å². The molecule has 62 valence electrons. The molecule has 0 aliphatic carbocycles. The van der Waals surface area contributed by atoms with Crippen molar-refractivity contribution in [2.24, 2.45) is 11.5 Å². The highest BCUT2D eigenvalue weighted by atomic mass is 79.9. The predicted molar refractivity (Wildman–Crippen MR) is 52.6 cm³/mol. The van der Waals surface area contributed by atoms with Crippen molar-refractivity contribution in [3.05, 3.63) is 20.8 Å². The molecule has 0 bridgehead atoms. The number of halogens is 1. The van der Waals surface area contributed by atoms with E-state index in [-0.39, 0.29) is 6.04 Å². The van der Waals surface area contributed by atoms with Crippen molar-refractivity contribution in [1.82, 2.24) is 0 Å². The van der Waals surface area contributed by atoms with Crippen molar-refractivity contribution in [1.29, 1.82) is 0 Å². The standard InChI is InChI=1S/C7H11BrN2S/c8-5-2-4-11-7(5)6(10)1-3-9/h2,4,6H,1,3,9-10H2/t6-/m1/s1. The molecular formula is C7H11BrN2S. The van der Waals surface area contributed by atoms with Crippen LogP contribution in [-0.4, -0.2) is 6.54 Å². The minimum Gasteiger partial charge on any atom is -0.330 e. The molecule has 0 spiro atoms. The molecule has 4 N–H and O–H groups in total. The topological polar surface area (TPSA) is 52.0 Å². The van der Waals surface area contributed by atoms with Gasteiger partial charge in [0, 0.05) is 15.4 Å². The molecule has 0 radical (unpaired) electrons. The van der Waals surface area contributed by atoms with Gasteiger partial charge in [-0.25, -0.2) is 0 Å². The summed E-state index contributed by atoms with van der Waals surface area (Å²) in [5.41, 5.74) is 11.2. The monoisotopic (exact) mass is 234 g/mol. The van der Waals surface area contributed by atoms with Crippen molar-refractivity contribution in [3.8, 4) is 0 Å².